The third-order valence-corrected chi connectivity index (χ3v) is 5.75. The number of thioether (sulfide) groups is 1. The molecule has 1 aliphatic heterocycles. The summed E-state index contributed by atoms with van der Waals surface area (Å²) in [4.78, 5) is 15.8. The van der Waals surface area contributed by atoms with Gasteiger partial charge in [0.05, 0.1) is 12.5 Å². The Morgan fingerprint density at radius 1 is 1.35 bits per heavy atom. The molecule has 4 nitrogen and oxygen atoms in total. The molecule has 20 heavy (non-hydrogen) atoms. The maximum atomic E-state index is 11.5. The molecule has 6 heteroatoms. The van der Waals surface area contributed by atoms with Gasteiger partial charge < -0.3 is 10.0 Å². The standard InChI is InChI=1S/C14H24N2O2S2/c1-10(2)12(13(17)18)15-8-16(14(19)20-9-15)11-6-4-3-5-7-11/h10-12H,3-9H2,1-2H3,(H,17,18)/t12-/m0/s1. The van der Waals surface area contributed by atoms with Crippen LogP contribution in [0.4, 0.5) is 0 Å². The summed E-state index contributed by atoms with van der Waals surface area (Å²) in [5, 5.41) is 9.46. The van der Waals surface area contributed by atoms with Gasteiger partial charge in [0, 0.05) is 6.04 Å². The van der Waals surface area contributed by atoms with Crippen molar-refractivity contribution in [1.29, 1.82) is 0 Å². The molecule has 0 aromatic carbocycles. The first kappa shape index (κ1) is 16.0. The number of rotatable bonds is 4. The lowest BCUT2D eigenvalue weighted by atomic mass is 9.94. The minimum atomic E-state index is -0.725. The van der Waals surface area contributed by atoms with Crippen LogP contribution < -0.4 is 0 Å². The molecule has 1 saturated heterocycles. The van der Waals surface area contributed by atoms with Gasteiger partial charge in [-0.05, 0) is 18.8 Å². The average molecular weight is 316 g/mol. The molecule has 2 fully saturated rings. The summed E-state index contributed by atoms with van der Waals surface area (Å²) in [6.45, 7) is 4.62. The molecular formula is C14H24N2O2S2. The topological polar surface area (TPSA) is 43.8 Å². The molecule has 0 spiro atoms. The van der Waals surface area contributed by atoms with Crippen LogP contribution in [0.2, 0.25) is 0 Å². The highest BCUT2D eigenvalue weighted by Crippen LogP contribution is 2.30. The van der Waals surface area contributed by atoms with Crippen molar-refractivity contribution in [1.82, 2.24) is 9.80 Å². The van der Waals surface area contributed by atoms with Crippen LogP contribution in [0.3, 0.4) is 0 Å². The molecule has 2 aliphatic rings. The van der Waals surface area contributed by atoms with E-state index in [0.717, 1.165) is 4.32 Å². The van der Waals surface area contributed by atoms with Gasteiger partial charge in [-0.1, -0.05) is 57.1 Å². The number of carboxylic acid groups (broad SMARTS) is 1. The third kappa shape index (κ3) is 3.65. The van der Waals surface area contributed by atoms with Gasteiger partial charge in [-0.15, -0.1) is 0 Å². The van der Waals surface area contributed by atoms with Crippen LogP contribution in [-0.2, 0) is 4.79 Å². The zero-order valence-corrected chi connectivity index (χ0v) is 13.9. The van der Waals surface area contributed by atoms with E-state index in [4.69, 9.17) is 12.2 Å². The average Bonchev–Trinajstić information content (AvgIpc) is 2.41. The Bertz CT molecular complexity index is 370. The van der Waals surface area contributed by atoms with Gasteiger partial charge in [-0.25, -0.2) is 0 Å². The minimum absolute atomic E-state index is 0.105. The normalized spacial score (nSPS) is 24.1. The monoisotopic (exact) mass is 316 g/mol. The van der Waals surface area contributed by atoms with Crippen LogP contribution in [-0.4, -0.2) is 49.8 Å². The molecule has 1 N–H and O–H groups in total. The number of carbonyl (C=O) groups is 1. The van der Waals surface area contributed by atoms with E-state index in [-0.39, 0.29) is 5.92 Å². The summed E-state index contributed by atoms with van der Waals surface area (Å²) in [7, 11) is 0. The highest BCUT2D eigenvalue weighted by molar-refractivity contribution is 8.22. The van der Waals surface area contributed by atoms with E-state index < -0.39 is 12.0 Å². The van der Waals surface area contributed by atoms with Crippen molar-refractivity contribution in [3.8, 4) is 0 Å². The first-order valence-corrected chi connectivity index (χ1v) is 8.80. The van der Waals surface area contributed by atoms with Crippen molar-refractivity contribution in [3.05, 3.63) is 0 Å². The summed E-state index contributed by atoms with van der Waals surface area (Å²) < 4.78 is 0.945. The predicted octanol–water partition coefficient (Wildman–Crippen LogP) is 2.98. The largest absolute Gasteiger partial charge is 0.480 e. The first-order valence-electron chi connectivity index (χ1n) is 7.41. The molecule has 2 rings (SSSR count). The summed E-state index contributed by atoms with van der Waals surface area (Å²) in [6.07, 6.45) is 6.22. The van der Waals surface area contributed by atoms with Crippen LogP contribution in [0.1, 0.15) is 46.0 Å². The highest BCUT2D eigenvalue weighted by Gasteiger charge is 2.36. The Kier molecular flexibility index (Phi) is 5.69. The van der Waals surface area contributed by atoms with E-state index in [2.05, 4.69) is 9.80 Å². The van der Waals surface area contributed by atoms with Crippen LogP contribution in [0.25, 0.3) is 0 Å². The van der Waals surface area contributed by atoms with Crippen LogP contribution in [0.5, 0.6) is 0 Å². The number of nitrogens with zero attached hydrogens (tertiary/aromatic N) is 2. The van der Waals surface area contributed by atoms with Crippen molar-refractivity contribution in [2.75, 3.05) is 12.5 Å². The second-order valence-corrected chi connectivity index (χ2v) is 7.64. The van der Waals surface area contributed by atoms with Crippen LogP contribution >= 0.6 is 24.0 Å². The second kappa shape index (κ2) is 7.09. The van der Waals surface area contributed by atoms with Gasteiger partial charge in [0.15, 0.2) is 0 Å². The Morgan fingerprint density at radius 2 is 2.00 bits per heavy atom. The Morgan fingerprint density at radius 3 is 2.55 bits per heavy atom. The quantitative estimate of drug-likeness (QED) is 0.805. The van der Waals surface area contributed by atoms with Crippen molar-refractivity contribution in [3.63, 3.8) is 0 Å². The number of hydrogen-bond donors (Lipinski definition) is 1. The van der Waals surface area contributed by atoms with E-state index in [1.54, 1.807) is 11.8 Å². The third-order valence-electron chi connectivity index (χ3n) is 4.22. The smallest absolute Gasteiger partial charge is 0.321 e. The molecule has 1 atom stereocenters. The van der Waals surface area contributed by atoms with Gasteiger partial charge in [0.2, 0.25) is 0 Å². The van der Waals surface area contributed by atoms with Crippen molar-refractivity contribution in [2.24, 2.45) is 5.92 Å². The molecule has 1 aliphatic carbocycles. The van der Waals surface area contributed by atoms with E-state index in [9.17, 15) is 9.90 Å². The van der Waals surface area contributed by atoms with E-state index in [1.165, 1.54) is 32.1 Å². The number of carboxylic acids is 1. The fraction of sp³-hybridized carbons (Fsp3) is 0.857. The van der Waals surface area contributed by atoms with Crippen LogP contribution in [0, 0.1) is 5.92 Å². The van der Waals surface area contributed by atoms with E-state index >= 15 is 0 Å². The van der Waals surface area contributed by atoms with Crippen LogP contribution in [0.15, 0.2) is 0 Å². The highest BCUT2D eigenvalue weighted by atomic mass is 32.2. The van der Waals surface area contributed by atoms with Gasteiger partial charge in [-0.2, -0.15) is 0 Å². The molecule has 0 bridgehead atoms. The fourth-order valence-electron chi connectivity index (χ4n) is 3.20. The van der Waals surface area contributed by atoms with Crippen molar-refractivity contribution >= 4 is 34.3 Å². The van der Waals surface area contributed by atoms with E-state index in [1.807, 2.05) is 13.8 Å². The Hall–Kier alpha value is -0.330. The molecule has 0 radical (unpaired) electrons. The lowest BCUT2D eigenvalue weighted by molar-refractivity contribution is -0.145. The van der Waals surface area contributed by atoms with Crippen molar-refractivity contribution in [2.45, 2.75) is 58.0 Å². The molecule has 1 heterocycles. The van der Waals surface area contributed by atoms with E-state index in [0.29, 0.717) is 18.6 Å². The van der Waals surface area contributed by atoms with Gasteiger partial charge in [0.25, 0.3) is 0 Å². The number of hydrogen-bond acceptors (Lipinski definition) is 4. The minimum Gasteiger partial charge on any atom is -0.480 e. The second-order valence-electron chi connectivity index (χ2n) is 6.06. The summed E-state index contributed by atoms with van der Waals surface area (Å²) in [6, 6.07) is 0.0878. The maximum absolute atomic E-state index is 11.5. The lowest BCUT2D eigenvalue weighted by Gasteiger charge is -2.45. The predicted molar refractivity (Wildman–Crippen MR) is 86.7 cm³/mol. The molecule has 0 amide bonds. The zero-order chi connectivity index (χ0) is 14.7. The molecule has 0 unspecified atom stereocenters. The molecular weight excluding hydrogens is 292 g/mol. The number of thiocarbonyl (C=S) groups is 1. The Balaban J connectivity index is 2.06. The fourth-order valence-corrected chi connectivity index (χ4v) is 4.46. The van der Waals surface area contributed by atoms with Gasteiger partial charge >= 0.3 is 5.97 Å². The van der Waals surface area contributed by atoms with Gasteiger partial charge in [-0.3, -0.25) is 9.69 Å². The van der Waals surface area contributed by atoms with Crippen molar-refractivity contribution < 1.29 is 9.90 Å². The summed E-state index contributed by atoms with van der Waals surface area (Å²) in [5.41, 5.74) is 0. The maximum Gasteiger partial charge on any atom is 0.321 e. The molecule has 114 valence electrons. The molecule has 0 aromatic rings. The Labute approximate surface area is 130 Å². The molecule has 1 saturated carbocycles. The summed E-state index contributed by atoms with van der Waals surface area (Å²) in [5.74, 6) is 0.0713. The SMILES string of the molecule is CC(C)[C@@H](C(=O)O)N1CSC(=S)N(C2CCCCC2)C1. The number of aliphatic carboxylic acids is 1. The molecule has 0 aromatic heterocycles. The van der Waals surface area contributed by atoms with Gasteiger partial charge in [0.1, 0.15) is 10.4 Å². The first-order chi connectivity index (χ1) is 9.50. The zero-order valence-electron chi connectivity index (χ0n) is 12.2. The summed E-state index contributed by atoms with van der Waals surface area (Å²) >= 11 is 7.10. The lowest BCUT2D eigenvalue weighted by Crippen LogP contribution is -2.56.